The maximum absolute atomic E-state index is 10.9. The van der Waals surface area contributed by atoms with Crippen molar-refractivity contribution >= 4 is 30.3 Å². The lowest BCUT2D eigenvalue weighted by Gasteiger charge is -2.07. The van der Waals surface area contributed by atoms with Crippen LogP contribution in [0.2, 0.25) is 0 Å². The van der Waals surface area contributed by atoms with E-state index in [9.17, 15) is 20.2 Å². The van der Waals surface area contributed by atoms with Crippen LogP contribution in [0.15, 0.2) is 97.1 Å². The molecule has 4 aromatic carbocycles. The molecule has 10 heteroatoms. The van der Waals surface area contributed by atoms with Gasteiger partial charge in [-0.15, -0.1) is 0 Å². The van der Waals surface area contributed by atoms with Crippen molar-refractivity contribution in [2.75, 3.05) is 0 Å². The highest BCUT2D eigenvalue weighted by Crippen LogP contribution is 2.40. The number of non-ortho nitro benzene ring substituents is 2. The Bertz CT molecular complexity index is 1270. The van der Waals surface area contributed by atoms with Crippen molar-refractivity contribution in [3.8, 4) is 33.8 Å². The first-order chi connectivity index (χ1) is 16.4. The lowest BCUT2D eigenvalue weighted by atomic mass is 10.0. The lowest BCUT2D eigenvalue weighted by Crippen LogP contribution is -1.93. The predicted molar refractivity (Wildman–Crippen MR) is 133 cm³/mol. The van der Waals surface area contributed by atoms with E-state index >= 15 is 0 Å². The van der Waals surface area contributed by atoms with E-state index in [1.807, 2.05) is 24.3 Å². The zero-order chi connectivity index (χ0) is 24.1. The Morgan fingerprint density at radius 3 is 1.29 bits per heavy atom. The van der Waals surface area contributed by atoms with Crippen molar-refractivity contribution in [2.45, 2.75) is 0 Å². The molecule has 0 fully saturated rings. The molecular formula is C24H16N2O6PS+. The first-order valence-electron chi connectivity index (χ1n) is 9.93. The van der Waals surface area contributed by atoms with Crippen LogP contribution in [0.1, 0.15) is 0 Å². The molecule has 168 valence electrons. The van der Waals surface area contributed by atoms with Gasteiger partial charge in [0, 0.05) is 35.4 Å². The van der Waals surface area contributed by atoms with E-state index in [2.05, 4.69) is 0 Å². The quantitative estimate of drug-likeness (QED) is 0.147. The number of rotatable bonds is 8. The molecule has 0 atom stereocenters. The molecule has 4 rings (SSSR count). The Morgan fingerprint density at radius 2 is 0.941 bits per heavy atom. The molecule has 0 aliphatic heterocycles. The van der Waals surface area contributed by atoms with Crippen LogP contribution in [0.5, 0.6) is 11.5 Å². The van der Waals surface area contributed by atoms with E-state index in [1.165, 1.54) is 24.3 Å². The molecule has 0 unspecified atom stereocenters. The summed E-state index contributed by atoms with van der Waals surface area (Å²) in [6.45, 7) is 0. The highest BCUT2D eigenvalue weighted by molar-refractivity contribution is 8.01. The fraction of sp³-hybridized carbons (Fsp3) is 0. The number of nitro benzene ring substituents is 2. The van der Waals surface area contributed by atoms with Gasteiger partial charge in [0.1, 0.15) is 0 Å². The molecule has 0 amide bonds. The molecule has 0 spiro atoms. The number of nitro groups is 2. The topological polar surface area (TPSA) is 105 Å². The van der Waals surface area contributed by atoms with Gasteiger partial charge in [-0.3, -0.25) is 20.2 Å². The third kappa shape index (κ3) is 5.23. The molecule has 0 radical (unpaired) electrons. The highest BCUT2D eigenvalue weighted by atomic mass is 32.4. The molecule has 0 saturated heterocycles. The number of para-hydroxylation sites is 2. The van der Waals surface area contributed by atoms with Gasteiger partial charge in [0.2, 0.25) is 0 Å². The molecule has 8 nitrogen and oxygen atoms in total. The van der Waals surface area contributed by atoms with Crippen LogP contribution >= 0.6 is 7.15 Å². The van der Waals surface area contributed by atoms with Crippen LogP contribution in [0.4, 0.5) is 11.4 Å². The minimum absolute atomic E-state index is 0.00106. The normalized spacial score (nSPS) is 10.4. The van der Waals surface area contributed by atoms with Gasteiger partial charge < -0.3 is 0 Å². The second kappa shape index (κ2) is 10.2. The van der Waals surface area contributed by atoms with Crippen molar-refractivity contribution in [1.82, 2.24) is 0 Å². The van der Waals surface area contributed by atoms with Crippen LogP contribution < -0.4 is 9.05 Å². The predicted octanol–water partition coefficient (Wildman–Crippen LogP) is 7.07. The fourth-order valence-corrected chi connectivity index (χ4v) is 4.43. The Labute approximate surface area is 200 Å². The summed E-state index contributed by atoms with van der Waals surface area (Å²) in [6, 6.07) is 26.8. The number of nitrogens with zero attached hydrogens (tertiary/aromatic N) is 2. The van der Waals surface area contributed by atoms with E-state index in [4.69, 9.17) is 20.9 Å². The average Bonchev–Trinajstić information content (AvgIpc) is 2.85. The maximum atomic E-state index is 10.9. The van der Waals surface area contributed by atoms with Crippen molar-refractivity contribution in [2.24, 2.45) is 0 Å². The molecule has 0 aliphatic carbocycles. The molecule has 0 N–H and O–H groups in total. The first kappa shape index (κ1) is 23.0. The van der Waals surface area contributed by atoms with E-state index in [-0.39, 0.29) is 11.4 Å². The molecule has 0 aromatic heterocycles. The smallest absolute Gasteiger partial charge is 0.258 e. The van der Waals surface area contributed by atoms with E-state index < -0.39 is 17.0 Å². The number of hydrogen-bond acceptors (Lipinski definition) is 7. The lowest BCUT2D eigenvalue weighted by molar-refractivity contribution is -0.385. The monoisotopic (exact) mass is 491 g/mol. The van der Waals surface area contributed by atoms with E-state index in [0.29, 0.717) is 11.5 Å². The molecule has 0 heterocycles. The largest absolute Gasteiger partial charge is 0.627 e. The zero-order valence-electron chi connectivity index (χ0n) is 17.4. The summed E-state index contributed by atoms with van der Waals surface area (Å²) in [4.78, 5) is 21.0. The van der Waals surface area contributed by atoms with Crippen molar-refractivity contribution < 1.29 is 18.9 Å². The van der Waals surface area contributed by atoms with E-state index in [1.54, 1.807) is 48.5 Å². The van der Waals surface area contributed by atoms with Crippen LogP contribution in [0.25, 0.3) is 22.3 Å². The van der Waals surface area contributed by atoms with Crippen LogP contribution in [-0.2, 0) is 11.8 Å². The molecule has 0 bridgehead atoms. The molecular weight excluding hydrogens is 475 g/mol. The Hall–Kier alpha value is -4.20. The minimum Gasteiger partial charge on any atom is -0.258 e. The Balaban J connectivity index is 1.56. The fourth-order valence-electron chi connectivity index (χ4n) is 3.27. The number of benzene rings is 4. The van der Waals surface area contributed by atoms with Crippen molar-refractivity contribution in [1.29, 1.82) is 0 Å². The summed E-state index contributed by atoms with van der Waals surface area (Å²) in [5, 5.41) is 21.9. The summed E-state index contributed by atoms with van der Waals surface area (Å²) in [5.41, 5.74) is 2.93. The van der Waals surface area contributed by atoms with Gasteiger partial charge in [-0.2, -0.15) is 0 Å². The Kier molecular flexibility index (Phi) is 6.87. The van der Waals surface area contributed by atoms with Crippen molar-refractivity contribution in [3.05, 3.63) is 117 Å². The first-order valence-corrected chi connectivity index (χ1v) is 12.1. The maximum Gasteiger partial charge on any atom is 0.627 e. The highest BCUT2D eigenvalue weighted by Gasteiger charge is 2.23. The summed E-state index contributed by atoms with van der Waals surface area (Å²) in [6.07, 6.45) is 0. The molecule has 0 aliphatic rings. The standard InChI is InChI=1S/C24H16N2O6PS/c27-25(28)19-13-9-17(10-14-19)21-5-1-3-7-23(21)31-33(34)32-24-8-4-2-6-22(24)18-11-15-20(16-12-18)26(29)30/h1-16H/q+1. The second-order valence-electron chi connectivity index (χ2n) is 7.01. The summed E-state index contributed by atoms with van der Waals surface area (Å²) < 4.78 is 11.9. The second-order valence-corrected chi connectivity index (χ2v) is 8.71. The van der Waals surface area contributed by atoms with Gasteiger partial charge in [-0.05, 0) is 47.5 Å². The third-order valence-electron chi connectivity index (χ3n) is 4.90. The van der Waals surface area contributed by atoms with E-state index in [0.717, 1.165) is 22.3 Å². The minimum atomic E-state index is -1.81. The zero-order valence-corrected chi connectivity index (χ0v) is 19.1. The SMILES string of the molecule is O=[N+]([O-])c1ccc(-c2ccccc2O[P+](=S)Oc2ccccc2-c2ccc([N+](=O)[O-])cc2)cc1. The van der Waals surface area contributed by atoms with Crippen LogP contribution in [0, 0.1) is 20.2 Å². The summed E-state index contributed by atoms with van der Waals surface area (Å²) in [5.74, 6) is 0.982. The van der Waals surface area contributed by atoms with Gasteiger partial charge in [-0.25, -0.2) is 9.05 Å². The van der Waals surface area contributed by atoms with Gasteiger partial charge >= 0.3 is 7.15 Å². The van der Waals surface area contributed by atoms with Gasteiger partial charge in [0.25, 0.3) is 23.2 Å². The molecule has 4 aromatic rings. The summed E-state index contributed by atoms with van der Waals surface area (Å²) >= 11 is 5.47. The van der Waals surface area contributed by atoms with Crippen molar-refractivity contribution in [3.63, 3.8) is 0 Å². The molecule has 34 heavy (non-hydrogen) atoms. The molecule has 0 saturated carbocycles. The van der Waals surface area contributed by atoms with Crippen LogP contribution in [0.3, 0.4) is 0 Å². The van der Waals surface area contributed by atoms with Gasteiger partial charge in [-0.1, -0.05) is 36.4 Å². The van der Waals surface area contributed by atoms with Gasteiger partial charge in [0.05, 0.1) is 9.85 Å². The number of hydrogen-bond donors (Lipinski definition) is 0. The third-order valence-corrected chi connectivity index (χ3v) is 6.04. The summed E-state index contributed by atoms with van der Waals surface area (Å²) in [7, 11) is -1.81. The Morgan fingerprint density at radius 1 is 0.588 bits per heavy atom. The van der Waals surface area contributed by atoms with Crippen LogP contribution in [-0.4, -0.2) is 9.85 Å². The average molecular weight is 491 g/mol. The van der Waals surface area contributed by atoms with Gasteiger partial charge in [0.15, 0.2) is 11.5 Å².